The van der Waals surface area contributed by atoms with Crippen molar-refractivity contribution in [2.75, 3.05) is 6.54 Å². The van der Waals surface area contributed by atoms with Crippen molar-refractivity contribution in [1.29, 1.82) is 0 Å². The van der Waals surface area contributed by atoms with Gasteiger partial charge in [-0.05, 0) is 55.6 Å². The Morgan fingerprint density at radius 1 is 1.43 bits per heavy atom. The molecule has 0 aliphatic carbocycles. The summed E-state index contributed by atoms with van der Waals surface area (Å²) in [6.07, 6.45) is 3.28. The van der Waals surface area contributed by atoms with Gasteiger partial charge in [-0.3, -0.25) is 4.68 Å². The van der Waals surface area contributed by atoms with Crippen LogP contribution in [-0.4, -0.2) is 16.3 Å². The van der Waals surface area contributed by atoms with Crippen LogP contribution in [0.25, 0.3) is 0 Å². The molecule has 0 spiro atoms. The molecule has 0 fully saturated rings. The summed E-state index contributed by atoms with van der Waals surface area (Å²) >= 11 is 3.58. The van der Waals surface area contributed by atoms with Gasteiger partial charge in [0.15, 0.2) is 0 Å². The second-order valence-electron chi connectivity index (χ2n) is 3.41. The van der Waals surface area contributed by atoms with E-state index in [9.17, 15) is 0 Å². The zero-order chi connectivity index (χ0) is 10.6. The Hall–Kier alpha value is -0.350. The van der Waals surface area contributed by atoms with Crippen LogP contribution < -0.4 is 5.73 Å². The highest BCUT2D eigenvalue weighted by atomic mass is 79.9. The molecule has 0 aliphatic rings. The molecule has 0 saturated carbocycles. The van der Waals surface area contributed by atoms with E-state index in [1.54, 1.807) is 0 Å². The highest BCUT2D eigenvalue weighted by molar-refractivity contribution is 9.10. The topological polar surface area (TPSA) is 43.8 Å². The van der Waals surface area contributed by atoms with Crippen LogP contribution in [0, 0.1) is 6.92 Å². The molecule has 14 heavy (non-hydrogen) atoms. The number of halogens is 1. The summed E-state index contributed by atoms with van der Waals surface area (Å²) in [7, 11) is 0. The first-order chi connectivity index (χ1) is 6.70. The monoisotopic (exact) mass is 259 g/mol. The molecule has 80 valence electrons. The number of aryl methyl sites for hydroxylation is 2. The minimum Gasteiger partial charge on any atom is -0.330 e. The molecule has 1 heterocycles. The Balaban J connectivity index is 2.72. The molecule has 1 aromatic rings. The minimum atomic E-state index is 0.775. The molecule has 0 aliphatic heterocycles. The molecule has 3 nitrogen and oxygen atoms in total. The fourth-order valence-corrected chi connectivity index (χ4v) is 2.03. The quantitative estimate of drug-likeness (QED) is 0.825. The van der Waals surface area contributed by atoms with E-state index < -0.39 is 0 Å². The Kier molecular flexibility index (Phi) is 4.62. The molecule has 0 saturated heterocycles. The molecule has 0 bridgehead atoms. The predicted molar refractivity (Wildman–Crippen MR) is 62.3 cm³/mol. The third-order valence-corrected chi connectivity index (χ3v) is 3.35. The lowest BCUT2D eigenvalue weighted by Crippen LogP contribution is -2.05. The highest BCUT2D eigenvalue weighted by Crippen LogP contribution is 2.22. The number of aromatic nitrogens is 2. The number of nitrogens with zero attached hydrogens (tertiary/aromatic N) is 2. The average Bonchev–Trinajstić information content (AvgIpc) is 2.45. The lowest BCUT2D eigenvalue weighted by atomic mass is 10.2. The molecule has 2 N–H and O–H groups in total. The molecule has 0 amide bonds. The van der Waals surface area contributed by atoms with E-state index in [4.69, 9.17) is 5.73 Å². The molecule has 1 aromatic heterocycles. The Bertz CT molecular complexity index is 294. The number of rotatable bonds is 5. The molecule has 4 heteroatoms. The summed E-state index contributed by atoms with van der Waals surface area (Å²) in [5.74, 6) is 0. The van der Waals surface area contributed by atoms with E-state index in [1.165, 1.54) is 5.69 Å². The van der Waals surface area contributed by atoms with Gasteiger partial charge in [0.2, 0.25) is 0 Å². The van der Waals surface area contributed by atoms with E-state index in [2.05, 4.69) is 32.6 Å². The van der Waals surface area contributed by atoms with Crippen LogP contribution in [-0.2, 0) is 13.0 Å². The van der Waals surface area contributed by atoms with Crippen LogP contribution >= 0.6 is 15.9 Å². The van der Waals surface area contributed by atoms with Gasteiger partial charge in [-0.2, -0.15) is 5.10 Å². The maximum atomic E-state index is 5.47. The molecule has 0 radical (unpaired) electrons. The highest BCUT2D eigenvalue weighted by Gasteiger charge is 2.10. The van der Waals surface area contributed by atoms with Gasteiger partial charge in [0, 0.05) is 6.54 Å². The first kappa shape index (κ1) is 11.7. The molecule has 0 unspecified atom stereocenters. The van der Waals surface area contributed by atoms with Crippen LogP contribution in [0.4, 0.5) is 0 Å². The first-order valence-corrected chi connectivity index (χ1v) is 5.91. The van der Waals surface area contributed by atoms with Gasteiger partial charge in [0.1, 0.15) is 0 Å². The van der Waals surface area contributed by atoms with Gasteiger partial charge in [-0.15, -0.1) is 0 Å². The van der Waals surface area contributed by atoms with E-state index in [0.717, 1.165) is 42.5 Å². The van der Waals surface area contributed by atoms with Crippen LogP contribution in [0.1, 0.15) is 31.2 Å². The van der Waals surface area contributed by atoms with E-state index in [0.29, 0.717) is 0 Å². The number of nitrogens with two attached hydrogens (primary N) is 1. The van der Waals surface area contributed by atoms with Crippen molar-refractivity contribution in [2.24, 2.45) is 5.73 Å². The first-order valence-electron chi connectivity index (χ1n) is 5.12. The largest absolute Gasteiger partial charge is 0.330 e. The standard InChI is InChI=1S/C10H18BrN3/c1-3-14-9(6-4-5-7-12)10(11)8(2)13-14/h3-7,12H2,1-2H3. The maximum absolute atomic E-state index is 5.47. The number of unbranched alkanes of at least 4 members (excludes halogenated alkanes) is 1. The van der Waals surface area contributed by atoms with Gasteiger partial charge >= 0.3 is 0 Å². The molecule has 1 rings (SSSR count). The third kappa shape index (κ3) is 2.58. The van der Waals surface area contributed by atoms with Gasteiger partial charge < -0.3 is 5.73 Å². The SMILES string of the molecule is CCn1nc(C)c(Br)c1CCCCN. The van der Waals surface area contributed by atoms with Crippen molar-refractivity contribution in [3.05, 3.63) is 15.9 Å². The summed E-state index contributed by atoms with van der Waals surface area (Å²) in [4.78, 5) is 0. The van der Waals surface area contributed by atoms with Crippen molar-refractivity contribution in [3.63, 3.8) is 0 Å². The fourth-order valence-electron chi connectivity index (χ4n) is 1.54. The summed E-state index contributed by atoms with van der Waals surface area (Å²) in [6, 6.07) is 0. The fraction of sp³-hybridized carbons (Fsp3) is 0.700. The van der Waals surface area contributed by atoms with E-state index in [-0.39, 0.29) is 0 Å². The zero-order valence-electron chi connectivity index (χ0n) is 8.89. The van der Waals surface area contributed by atoms with Crippen molar-refractivity contribution in [2.45, 2.75) is 39.7 Å². The zero-order valence-corrected chi connectivity index (χ0v) is 10.5. The van der Waals surface area contributed by atoms with Crippen LogP contribution in [0.3, 0.4) is 0 Å². The predicted octanol–water partition coefficient (Wildman–Crippen LogP) is 2.26. The summed E-state index contributed by atoms with van der Waals surface area (Å²) < 4.78 is 3.23. The lowest BCUT2D eigenvalue weighted by Gasteiger charge is -2.04. The molecule has 0 aromatic carbocycles. The van der Waals surface area contributed by atoms with Crippen LogP contribution in [0.2, 0.25) is 0 Å². The molecule has 0 atom stereocenters. The smallest absolute Gasteiger partial charge is 0.0738 e. The van der Waals surface area contributed by atoms with Crippen molar-refractivity contribution in [1.82, 2.24) is 9.78 Å². The van der Waals surface area contributed by atoms with Gasteiger partial charge in [0.05, 0.1) is 15.9 Å². The van der Waals surface area contributed by atoms with Gasteiger partial charge in [-0.25, -0.2) is 0 Å². The Morgan fingerprint density at radius 2 is 2.14 bits per heavy atom. The second kappa shape index (κ2) is 5.51. The summed E-state index contributed by atoms with van der Waals surface area (Å²) in [6.45, 7) is 5.86. The summed E-state index contributed by atoms with van der Waals surface area (Å²) in [5.41, 5.74) is 7.85. The summed E-state index contributed by atoms with van der Waals surface area (Å²) in [5, 5.41) is 4.45. The normalized spacial score (nSPS) is 10.9. The van der Waals surface area contributed by atoms with Gasteiger partial charge in [-0.1, -0.05) is 0 Å². The van der Waals surface area contributed by atoms with E-state index >= 15 is 0 Å². The van der Waals surface area contributed by atoms with Crippen LogP contribution in [0.5, 0.6) is 0 Å². The Morgan fingerprint density at radius 3 is 2.71 bits per heavy atom. The van der Waals surface area contributed by atoms with Gasteiger partial charge in [0.25, 0.3) is 0 Å². The van der Waals surface area contributed by atoms with Crippen molar-refractivity contribution in [3.8, 4) is 0 Å². The van der Waals surface area contributed by atoms with Crippen molar-refractivity contribution < 1.29 is 0 Å². The third-order valence-electron chi connectivity index (χ3n) is 2.32. The second-order valence-corrected chi connectivity index (χ2v) is 4.20. The number of hydrogen-bond acceptors (Lipinski definition) is 2. The maximum Gasteiger partial charge on any atom is 0.0738 e. The Labute approximate surface area is 93.8 Å². The molecular weight excluding hydrogens is 242 g/mol. The van der Waals surface area contributed by atoms with Crippen LogP contribution in [0.15, 0.2) is 4.47 Å². The molecular formula is C10H18BrN3. The lowest BCUT2D eigenvalue weighted by molar-refractivity contribution is 0.599. The number of hydrogen-bond donors (Lipinski definition) is 1. The minimum absolute atomic E-state index is 0.775. The van der Waals surface area contributed by atoms with Crippen molar-refractivity contribution >= 4 is 15.9 Å². The average molecular weight is 260 g/mol. The van der Waals surface area contributed by atoms with E-state index in [1.807, 2.05) is 6.92 Å².